The van der Waals surface area contributed by atoms with E-state index in [1.54, 1.807) is 29.8 Å². The van der Waals surface area contributed by atoms with E-state index < -0.39 is 0 Å². The molecule has 3 heterocycles. The lowest BCUT2D eigenvalue weighted by molar-refractivity contribution is 0.414. The van der Waals surface area contributed by atoms with Crippen LogP contribution in [0.25, 0.3) is 10.6 Å². The van der Waals surface area contributed by atoms with E-state index in [9.17, 15) is 0 Å². The Morgan fingerprint density at radius 1 is 1.19 bits per heavy atom. The number of aromatic nitrogens is 3. The molecule has 1 aromatic carbocycles. The number of rotatable bonds is 7. The normalized spacial score (nSPS) is 10.9. The van der Waals surface area contributed by atoms with E-state index >= 15 is 0 Å². The molecule has 3 aromatic heterocycles. The molecule has 0 unspecified atom stereocenters. The molecule has 7 heteroatoms. The predicted octanol–water partition coefficient (Wildman–Crippen LogP) is 5.05. The highest BCUT2D eigenvalue weighted by molar-refractivity contribution is 7.19. The highest BCUT2D eigenvalue weighted by atomic mass is 32.1. The van der Waals surface area contributed by atoms with Gasteiger partial charge in [0.1, 0.15) is 11.4 Å². The van der Waals surface area contributed by atoms with Crippen molar-refractivity contribution in [3.63, 3.8) is 0 Å². The molecule has 0 amide bonds. The second-order valence-electron chi connectivity index (χ2n) is 6.17. The molecule has 0 atom stereocenters. The minimum atomic E-state index is 0.705. The zero-order chi connectivity index (χ0) is 18.6. The Labute approximate surface area is 166 Å². The maximum Gasteiger partial charge on any atom is 0.183 e. The van der Waals surface area contributed by atoms with Crippen molar-refractivity contribution in [3.8, 4) is 16.3 Å². The van der Waals surface area contributed by atoms with Gasteiger partial charge in [-0.3, -0.25) is 4.68 Å². The number of ether oxygens (including phenoxy) is 1. The molecule has 4 aromatic rings. The molecule has 0 saturated carbocycles. The van der Waals surface area contributed by atoms with Crippen LogP contribution in [0.2, 0.25) is 0 Å². The van der Waals surface area contributed by atoms with Crippen LogP contribution in [0.5, 0.6) is 5.75 Å². The molecule has 0 radical (unpaired) electrons. The Balaban J connectivity index is 1.45. The van der Waals surface area contributed by atoms with Gasteiger partial charge in [-0.25, -0.2) is 4.98 Å². The first-order chi connectivity index (χ1) is 13.2. The lowest BCUT2D eigenvalue weighted by Gasteiger charge is -2.05. The van der Waals surface area contributed by atoms with Crippen molar-refractivity contribution in [3.05, 3.63) is 70.2 Å². The van der Waals surface area contributed by atoms with Gasteiger partial charge in [0.15, 0.2) is 5.13 Å². The summed E-state index contributed by atoms with van der Waals surface area (Å²) < 4.78 is 7.25. The average Bonchev–Trinajstić information content (AvgIpc) is 3.42. The number of benzene rings is 1. The van der Waals surface area contributed by atoms with Crippen molar-refractivity contribution in [2.75, 3.05) is 12.4 Å². The van der Waals surface area contributed by atoms with Crippen molar-refractivity contribution < 1.29 is 4.74 Å². The fraction of sp³-hybridized carbons (Fsp3) is 0.200. The molecule has 0 spiro atoms. The number of nitrogens with one attached hydrogen (secondary N) is 1. The van der Waals surface area contributed by atoms with Gasteiger partial charge in [0.25, 0.3) is 0 Å². The second-order valence-corrected chi connectivity index (χ2v) is 7.95. The number of hydrogen-bond acceptors (Lipinski definition) is 6. The molecular formula is C20H20N4OS2. The van der Waals surface area contributed by atoms with E-state index in [1.807, 2.05) is 36.0 Å². The van der Waals surface area contributed by atoms with Crippen molar-refractivity contribution in [2.24, 2.45) is 0 Å². The van der Waals surface area contributed by atoms with Gasteiger partial charge in [-0.15, -0.1) is 0 Å². The largest absolute Gasteiger partial charge is 0.497 e. The zero-order valence-electron chi connectivity index (χ0n) is 15.2. The molecular weight excluding hydrogens is 376 g/mol. The standard InChI is InChI=1S/C20H20N4OS2/c1-14-19(18-6-8-24(23-18)12-16-7-9-26-13-16)27-20(22-14)21-11-15-4-3-5-17(10-15)25-2/h3-10,13H,11-12H2,1-2H3,(H,21,22). The molecule has 0 aliphatic rings. The summed E-state index contributed by atoms with van der Waals surface area (Å²) in [5.41, 5.74) is 4.39. The SMILES string of the molecule is COc1cccc(CNc2nc(C)c(-c3ccn(Cc4ccsc4)n3)s2)c1. The molecule has 0 bridgehead atoms. The third-order valence-corrected chi connectivity index (χ3v) is 6.04. The molecule has 5 nitrogen and oxygen atoms in total. The molecule has 0 saturated heterocycles. The molecule has 0 aliphatic carbocycles. The summed E-state index contributed by atoms with van der Waals surface area (Å²) in [5.74, 6) is 0.862. The molecule has 0 aliphatic heterocycles. The lowest BCUT2D eigenvalue weighted by atomic mass is 10.2. The van der Waals surface area contributed by atoms with E-state index in [0.29, 0.717) is 6.54 Å². The van der Waals surface area contributed by atoms with Crippen LogP contribution in [-0.4, -0.2) is 21.9 Å². The summed E-state index contributed by atoms with van der Waals surface area (Å²) in [5, 5.41) is 13.3. The van der Waals surface area contributed by atoms with E-state index in [4.69, 9.17) is 9.84 Å². The highest BCUT2D eigenvalue weighted by Gasteiger charge is 2.12. The van der Waals surface area contributed by atoms with Crippen molar-refractivity contribution in [1.29, 1.82) is 0 Å². The molecule has 4 rings (SSSR count). The molecule has 27 heavy (non-hydrogen) atoms. The van der Waals surface area contributed by atoms with E-state index in [1.165, 1.54) is 5.56 Å². The summed E-state index contributed by atoms with van der Waals surface area (Å²) in [7, 11) is 1.68. The maximum absolute atomic E-state index is 5.28. The lowest BCUT2D eigenvalue weighted by Crippen LogP contribution is -1.99. The molecule has 138 valence electrons. The first-order valence-electron chi connectivity index (χ1n) is 8.60. The number of aryl methyl sites for hydroxylation is 1. The molecule has 0 fully saturated rings. The maximum atomic E-state index is 5.28. The second kappa shape index (κ2) is 7.94. The van der Waals surface area contributed by atoms with Gasteiger partial charge in [-0.2, -0.15) is 16.4 Å². The van der Waals surface area contributed by atoms with Crippen LogP contribution in [0, 0.1) is 6.92 Å². The van der Waals surface area contributed by atoms with E-state index in [0.717, 1.165) is 39.3 Å². The Morgan fingerprint density at radius 2 is 2.11 bits per heavy atom. The van der Waals surface area contributed by atoms with Gasteiger partial charge in [0.05, 0.1) is 24.2 Å². The number of methoxy groups -OCH3 is 1. The monoisotopic (exact) mass is 396 g/mol. The number of anilines is 1. The Kier molecular flexibility index (Phi) is 5.22. The summed E-state index contributed by atoms with van der Waals surface area (Å²) in [6.07, 6.45) is 2.02. The van der Waals surface area contributed by atoms with Crippen LogP contribution >= 0.6 is 22.7 Å². The Bertz CT molecular complexity index is 1020. The van der Waals surface area contributed by atoms with Crippen LogP contribution in [0.15, 0.2) is 53.4 Å². The van der Waals surface area contributed by atoms with Crippen molar-refractivity contribution in [2.45, 2.75) is 20.0 Å². The van der Waals surface area contributed by atoms with Gasteiger partial charge >= 0.3 is 0 Å². The average molecular weight is 397 g/mol. The fourth-order valence-electron chi connectivity index (χ4n) is 2.81. The fourth-order valence-corrected chi connectivity index (χ4v) is 4.40. The van der Waals surface area contributed by atoms with Gasteiger partial charge in [0, 0.05) is 12.7 Å². The minimum absolute atomic E-state index is 0.705. The van der Waals surface area contributed by atoms with Crippen LogP contribution in [-0.2, 0) is 13.1 Å². The van der Waals surface area contributed by atoms with Crippen LogP contribution < -0.4 is 10.1 Å². The summed E-state index contributed by atoms with van der Waals surface area (Å²) in [6.45, 7) is 3.53. The first kappa shape index (κ1) is 17.8. The smallest absolute Gasteiger partial charge is 0.183 e. The van der Waals surface area contributed by atoms with Gasteiger partial charge in [-0.1, -0.05) is 23.5 Å². The first-order valence-corrected chi connectivity index (χ1v) is 10.4. The van der Waals surface area contributed by atoms with E-state index in [-0.39, 0.29) is 0 Å². The number of nitrogens with zero attached hydrogens (tertiary/aromatic N) is 3. The van der Waals surface area contributed by atoms with Gasteiger partial charge < -0.3 is 10.1 Å². The quantitative estimate of drug-likeness (QED) is 0.475. The predicted molar refractivity (Wildman–Crippen MR) is 112 cm³/mol. The highest BCUT2D eigenvalue weighted by Crippen LogP contribution is 2.32. The van der Waals surface area contributed by atoms with Gasteiger partial charge in [0.2, 0.25) is 0 Å². The zero-order valence-corrected chi connectivity index (χ0v) is 16.8. The number of thiazole rings is 1. The van der Waals surface area contributed by atoms with Gasteiger partial charge in [-0.05, 0) is 53.1 Å². The summed E-state index contributed by atoms with van der Waals surface area (Å²) in [6, 6.07) is 12.2. The third-order valence-electron chi connectivity index (χ3n) is 4.17. The van der Waals surface area contributed by atoms with Crippen molar-refractivity contribution >= 4 is 27.8 Å². The topological polar surface area (TPSA) is 52.0 Å². The van der Waals surface area contributed by atoms with Crippen LogP contribution in [0.1, 0.15) is 16.8 Å². The number of hydrogen-bond donors (Lipinski definition) is 1. The van der Waals surface area contributed by atoms with Crippen LogP contribution in [0.3, 0.4) is 0 Å². The summed E-state index contributed by atoms with van der Waals surface area (Å²) >= 11 is 3.34. The third kappa shape index (κ3) is 4.20. The van der Waals surface area contributed by atoms with E-state index in [2.05, 4.69) is 39.3 Å². The van der Waals surface area contributed by atoms with Crippen molar-refractivity contribution in [1.82, 2.24) is 14.8 Å². The molecule has 1 N–H and O–H groups in total. The number of thiophene rings is 1. The summed E-state index contributed by atoms with van der Waals surface area (Å²) in [4.78, 5) is 5.76. The minimum Gasteiger partial charge on any atom is -0.497 e. The Hall–Kier alpha value is -2.64. The van der Waals surface area contributed by atoms with Crippen LogP contribution in [0.4, 0.5) is 5.13 Å². The Morgan fingerprint density at radius 3 is 2.93 bits per heavy atom.